The number of methoxy groups -OCH3 is 1. The van der Waals surface area contributed by atoms with E-state index in [1.54, 1.807) is 13.3 Å². The van der Waals surface area contributed by atoms with Gasteiger partial charge in [0, 0.05) is 37.3 Å². The van der Waals surface area contributed by atoms with E-state index in [2.05, 4.69) is 15.5 Å². The molecule has 9 heteroatoms. The van der Waals surface area contributed by atoms with Gasteiger partial charge in [-0.3, -0.25) is 5.10 Å². The van der Waals surface area contributed by atoms with Crippen LogP contribution in [0, 0.1) is 0 Å². The summed E-state index contributed by atoms with van der Waals surface area (Å²) in [5, 5.41) is 10.3. The number of aromatic nitrogens is 2. The zero-order valence-corrected chi connectivity index (χ0v) is 17.3. The number of hydrogen-bond acceptors (Lipinski definition) is 6. The van der Waals surface area contributed by atoms with Gasteiger partial charge in [0.05, 0.1) is 37.0 Å². The van der Waals surface area contributed by atoms with Gasteiger partial charge in [-0.1, -0.05) is 12.1 Å². The lowest BCUT2D eigenvalue weighted by Gasteiger charge is -2.34. The van der Waals surface area contributed by atoms with Crippen LogP contribution < -0.4 is 10.1 Å². The van der Waals surface area contributed by atoms with E-state index < -0.39 is 10.0 Å². The maximum Gasteiger partial charge on any atom is 0.215 e. The molecule has 0 spiro atoms. The molecule has 1 aromatic heterocycles. The summed E-state index contributed by atoms with van der Waals surface area (Å²) in [7, 11) is -1.68. The number of rotatable bonds is 8. The molecule has 28 heavy (non-hydrogen) atoms. The third-order valence-electron chi connectivity index (χ3n) is 4.71. The van der Waals surface area contributed by atoms with Crippen molar-refractivity contribution in [3.63, 3.8) is 0 Å². The lowest BCUT2D eigenvalue weighted by Crippen LogP contribution is -2.49. The summed E-state index contributed by atoms with van der Waals surface area (Å²) < 4.78 is 37.6. The zero-order chi connectivity index (χ0) is 20.1. The van der Waals surface area contributed by atoms with Gasteiger partial charge in [-0.2, -0.15) is 9.40 Å². The first-order valence-corrected chi connectivity index (χ1v) is 11.0. The van der Waals surface area contributed by atoms with Gasteiger partial charge in [-0.25, -0.2) is 8.42 Å². The fourth-order valence-electron chi connectivity index (χ4n) is 3.38. The molecule has 0 amide bonds. The van der Waals surface area contributed by atoms with E-state index in [4.69, 9.17) is 9.47 Å². The minimum Gasteiger partial charge on any atom is -0.497 e. The van der Waals surface area contributed by atoms with E-state index in [0.717, 1.165) is 22.6 Å². The standard InChI is InChI=1S/C19H28N4O4S/c1-14-12-23(13-15(2)27-14)28(24,25)8-7-20-10-17-11-21-22-19(17)16-5-4-6-18(9-16)26-3/h4-6,9,11,14-15,20H,7-8,10,12-13H2,1-3H3,(H,21,22)/t14-,15-/m1/s1. The molecule has 2 N–H and O–H groups in total. The van der Waals surface area contributed by atoms with E-state index in [9.17, 15) is 8.42 Å². The van der Waals surface area contributed by atoms with Crippen molar-refractivity contribution in [2.24, 2.45) is 0 Å². The molecule has 0 bridgehead atoms. The Kier molecular flexibility index (Phi) is 6.71. The lowest BCUT2D eigenvalue weighted by atomic mass is 10.1. The van der Waals surface area contributed by atoms with Crippen LogP contribution in [0.15, 0.2) is 30.5 Å². The molecule has 3 rings (SSSR count). The van der Waals surface area contributed by atoms with Gasteiger partial charge in [-0.05, 0) is 26.0 Å². The predicted molar refractivity (Wildman–Crippen MR) is 108 cm³/mol. The molecule has 2 atom stereocenters. The SMILES string of the molecule is COc1cccc(-c2[nH]ncc2CNCCS(=O)(=O)N2C[C@@H](C)O[C@H](C)C2)c1. The van der Waals surface area contributed by atoms with Crippen LogP contribution in [-0.2, 0) is 21.3 Å². The lowest BCUT2D eigenvalue weighted by molar-refractivity contribution is -0.0440. The molecule has 154 valence electrons. The molecule has 1 aliphatic rings. The number of H-pyrrole nitrogens is 1. The Morgan fingerprint density at radius 1 is 1.32 bits per heavy atom. The second-order valence-electron chi connectivity index (χ2n) is 7.07. The Hall–Kier alpha value is -1.94. The first kappa shape index (κ1) is 20.8. The quantitative estimate of drug-likeness (QED) is 0.645. The molecule has 1 aromatic carbocycles. The molecule has 1 saturated heterocycles. The van der Waals surface area contributed by atoms with E-state index in [1.807, 2.05) is 38.1 Å². The number of morpholine rings is 1. The van der Waals surface area contributed by atoms with Crippen LogP contribution in [-0.4, -0.2) is 67.6 Å². The van der Waals surface area contributed by atoms with Crippen LogP contribution in [0.25, 0.3) is 11.3 Å². The minimum atomic E-state index is -3.31. The summed E-state index contributed by atoms with van der Waals surface area (Å²) in [5.41, 5.74) is 2.84. The van der Waals surface area contributed by atoms with Gasteiger partial charge < -0.3 is 14.8 Å². The van der Waals surface area contributed by atoms with Crippen LogP contribution in [0.3, 0.4) is 0 Å². The summed E-state index contributed by atoms with van der Waals surface area (Å²) in [6.45, 7) is 5.51. The van der Waals surface area contributed by atoms with Crippen molar-refractivity contribution in [2.45, 2.75) is 32.6 Å². The van der Waals surface area contributed by atoms with E-state index >= 15 is 0 Å². The van der Waals surface area contributed by atoms with Crippen molar-refractivity contribution in [1.29, 1.82) is 0 Å². The Morgan fingerprint density at radius 3 is 2.79 bits per heavy atom. The summed E-state index contributed by atoms with van der Waals surface area (Å²) in [5.74, 6) is 0.824. The van der Waals surface area contributed by atoms with E-state index in [-0.39, 0.29) is 18.0 Å². The number of hydrogen-bond donors (Lipinski definition) is 2. The first-order valence-electron chi connectivity index (χ1n) is 9.39. The predicted octanol–water partition coefficient (Wildman–Crippen LogP) is 1.61. The van der Waals surface area contributed by atoms with Crippen LogP contribution in [0.2, 0.25) is 0 Å². The van der Waals surface area contributed by atoms with Crippen LogP contribution in [0.1, 0.15) is 19.4 Å². The van der Waals surface area contributed by atoms with Crippen molar-refractivity contribution in [2.75, 3.05) is 32.5 Å². The highest BCUT2D eigenvalue weighted by atomic mass is 32.2. The topological polar surface area (TPSA) is 96.5 Å². The summed E-state index contributed by atoms with van der Waals surface area (Å²) in [6.07, 6.45) is 1.59. The number of aromatic amines is 1. The molecule has 0 aliphatic carbocycles. The van der Waals surface area contributed by atoms with Crippen molar-refractivity contribution < 1.29 is 17.9 Å². The number of ether oxygens (including phenoxy) is 2. The highest BCUT2D eigenvalue weighted by molar-refractivity contribution is 7.89. The van der Waals surface area contributed by atoms with Crippen molar-refractivity contribution in [1.82, 2.24) is 19.8 Å². The number of sulfonamides is 1. The number of benzene rings is 1. The molecule has 8 nitrogen and oxygen atoms in total. The number of nitrogens with one attached hydrogen (secondary N) is 2. The fraction of sp³-hybridized carbons (Fsp3) is 0.526. The van der Waals surface area contributed by atoms with Crippen LogP contribution in [0.4, 0.5) is 0 Å². The highest BCUT2D eigenvalue weighted by Gasteiger charge is 2.30. The smallest absolute Gasteiger partial charge is 0.215 e. The average Bonchev–Trinajstić information content (AvgIpc) is 3.13. The third kappa shape index (κ3) is 5.11. The molecule has 0 saturated carbocycles. The zero-order valence-electron chi connectivity index (χ0n) is 16.5. The second-order valence-corrected chi connectivity index (χ2v) is 9.16. The monoisotopic (exact) mass is 408 g/mol. The molecule has 0 radical (unpaired) electrons. The van der Waals surface area contributed by atoms with E-state index in [1.165, 1.54) is 4.31 Å². The third-order valence-corrected chi connectivity index (χ3v) is 6.51. The highest BCUT2D eigenvalue weighted by Crippen LogP contribution is 2.24. The van der Waals surface area contributed by atoms with Gasteiger partial charge in [0.1, 0.15) is 5.75 Å². The molecule has 1 aliphatic heterocycles. The van der Waals surface area contributed by atoms with Gasteiger partial charge >= 0.3 is 0 Å². The maximum absolute atomic E-state index is 12.6. The molecule has 2 heterocycles. The normalized spacial score (nSPS) is 21.0. The van der Waals surface area contributed by atoms with Gasteiger partial charge in [-0.15, -0.1) is 0 Å². The second kappa shape index (κ2) is 9.04. The molecule has 1 fully saturated rings. The molecular weight excluding hydrogens is 380 g/mol. The Balaban J connectivity index is 1.55. The summed E-state index contributed by atoms with van der Waals surface area (Å²) >= 11 is 0. The van der Waals surface area contributed by atoms with Crippen LogP contribution >= 0.6 is 0 Å². The largest absolute Gasteiger partial charge is 0.497 e. The first-order chi connectivity index (χ1) is 13.4. The van der Waals surface area contributed by atoms with Crippen molar-refractivity contribution in [3.05, 3.63) is 36.0 Å². The minimum absolute atomic E-state index is 0.0543. The maximum atomic E-state index is 12.6. The Morgan fingerprint density at radius 2 is 2.07 bits per heavy atom. The van der Waals surface area contributed by atoms with Gasteiger partial charge in [0.25, 0.3) is 0 Å². The molecular formula is C19H28N4O4S. The fourth-order valence-corrected chi connectivity index (χ4v) is 4.92. The van der Waals surface area contributed by atoms with Crippen molar-refractivity contribution in [3.8, 4) is 17.0 Å². The Labute approximate surface area is 166 Å². The average molecular weight is 409 g/mol. The summed E-state index contributed by atoms with van der Waals surface area (Å²) in [6, 6.07) is 7.71. The van der Waals surface area contributed by atoms with Gasteiger partial charge in [0.2, 0.25) is 10.0 Å². The van der Waals surface area contributed by atoms with Crippen molar-refractivity contribution >= 4 is 10.0 Å². The Bertz CT molecular complexity index is 874. The van der Waals surface area contributed by atoms with Crippen LogP contribution in [0.5, 0.6) is 5.75 Å². The molecule has 0 unspecified atom stereocenters. The van der Waals surface area contributed by atoms with E-state index in [0.29, 0.717) is 26.2 Å². The molecule has 2 aromatic rings. The summed E-state index contributed by atoms with van der Waals surface area (Å²) in [4.78, 5) is 0. The van der Waals surface area contributed by atoms with Gasteiger partial charge in [0.15, 0.2) is 0 Å². The number of nitrogens with zero attached hydrogens (tertiary/aromatic N) is 2.